The van der Waals surface area contributed by atoms with Crippen LogP contribution in [0, 0.1) is 12.3 Å². The summed E-state index contributed by atoms with van der Waals surface area (Å²) in [5, 5.41) is 0. The summed E-state index contributed by atoms with van der Waals surface area (Å²) in [5.74, 6) is 1.49. The molecule has 0 bridgehead atoms. The SMILES string of the molecule is C#CCCCCc1ccc(C(=O)OC)c(C(=O)OC)c1. The molecule has 0 unspecified atom stereocenters. The average Bonchev–Trinajstić information content (AvgIpc) is 2.49. The molecule has 4 nitrogen and oxygen atoms in total. The van der Waals surface area contributed by atoms with Crippen molar-refractivity contribution >= 4 is 11.9 Å². The number of methoxy groups -OCH3 is 2. The van der Waals surface area contributed by atoms with E-state index in [0.29, 0.717) is 0 Å². The summed E-state index contributed by atoms with van der Waals surface area (Å²) in [6, 6.07) is 5.08. The van der Waals surface area contributed by atoms with Gasteiger partial charge in [0.15, 0.2) is 0 Å². The Morgan fingerprint density at radius 3 is 2.35 bits per heavy atom. The molecule has 0 aliphatic heterocycles. The lowest BCUT2D eigenvalue weighted by Crippen LogP contribution is -2.12. The summed E-state index contributed by atoms with van der Waals surface area (Å²) < 4.78 is 9.35. The fourth-order valence-electron chi connectivity index (χ4n) is 1.87. The Kier molecular flexibility index (Phi) is 6.31. The van der Waals surface area contributed by atoms with Crippen LogP contribution < -0.4 is 0 Å². The zero-order valence-corrected chi connectivity index (χ0v) is 11.8. The Bertz CT molecular complexity index is 526. The first-order valence-corrected chi connectivity index (χ1v) is 6.37. The summed E-state index contributed by atoms with van der Waals surface area (Å²) in [7, 11) is 2.56. The maximum Gasteiger partial charge on any atom is 0.338 e. The predicted molar refractivity (Wildman–Crippen MR) is 75.5 cm³/mol. The van der Waals surface area contributed by atoms with Gasteiger partial charge < -0.3 is 9.47 Å². The van der Waals surface area contributed by atoms with Crippen molar-refractivity contribution in [2.75, 3.05) is 14.2 Å². The number of hydrogen-bond acceptors (Lipinski definition) is 4. The highest BCUT2D eigenvalue weighted by Gasteiger charge is 2.18. The van der Waals surface area contributed by atoms with Crippen molar-refractivity contribution in [2.24, 2.45) is 0 Å². The van der Waals surface area contributed by atoms with Gasteiger partial charge >= 0.3 is 11.9 Å². The highest BCUT2D eigenvalue weighted by molar-refractivity contribution is 6.03. The number of aryl methyl sites for hydroxylation is 1. The van der Waals surface area contributed by atoms with Crippen LogP contribution in [0.3, 0.4) is 0 Å². The zero-order chi connectivity index (χ0) is 15.0. The number of carbonyl (C=O) groups is 2. The second kappa shape index (κ2) is 8.00. The smallest absolute Gasteiger partial charge is 0.338 e. The molecular formula is C16H18O4. The lowest BCUT2D eigenvalue weighted by atomic mass is 10.00. The van der Waals surface area contributed by atoms with E-state index in [1.54, 1.807) is 12.1 Å². The number of ether oxygens (including phenoxy) is 2. The van der Waals surface area contributed by atoms with Gasteiger partial charge in [-0.05, 0) is 37.0 Å². The minimum Gasteiger partial charge on any atom is -0.465 e. The molecule has 106 valence electrons. The quantitative estimate of drug-likeness (QED) is 0.454. The summed E-state index contributed by atoms with van der Waals surface area (Å²) >= 11 is 0. The monoisotopic (exact) mass is 274 g/mol. The van der Waals surface area contributed by atoms with Crippen LogP contribution in [-0.4, -0.2) is 26.2 Å². The van der Waals surface area contributed by atoms with Crippen LogP contribution in [0.15, 0.2) is 18.2 Å². The fraction of sp³-hybridized carbons (Fsp3) is 0.375. The third-order valence-corrected chi connectivity index (χ3v) is 2.93. The van der Waals surface area contributed by atoms with Gasteiger partial charge in [0.1, 0.15) is 0 Å². The van der Waals surface area contributed by atoms with E-state index in [1.165, 1.54) is 14.2 Å². The number of carbonyl (C=O) groups excluding carboxylic acids is 2. The molecule has 20 heavy (non-hydrogen) atoms. The van der Waals surface area contributed by atoms with Gasteiger partial charge in [0, 0.05) is 6.42 Å². The van der Waals surface area contributed by atoms with Gasteiger partial charge in [0.25, 0.3) is 0 Å². The van der Waals surface area contributed by atoms with E-state index in [0.717, 1.165) is 31.2 Å². The third kappa shape index (κ3) is 4.13. The van der Waals surface area contributed by atoms with Crippen molar-refractivity contribution in [1.82, 2.24) is 0 Å². The standard InChI is InChI=1S/C16H18O4/c1-4-5-6-7-8-12-9-10-13(15(17)19-2)14(11-12)16(18)20-3/h1,9-11H,5-8H2,2-3H3. The van der Waals surface area contributed by atoms with E-state index in [1.807, 2.05) is 6.07 Å². The molecule has 0 N–H and O–H groups in total. The molecule has 0 aromatic heterocycles. The molecule has 1 aromatic rings. The van der Waals surface area contributed by atoms with E-state index in [4.69, 9.17) is 11.2 Å². The molecule has 0 radical (unpaired) electrons. The maximum atomic E-state index is 11.7. The van der Waals surface area contributed by atoms with Gasteiger partial charge in [-0.1, -0.05) is 6.07 Å². The van der Waals surface area contributed by atoms with Gasteiger partial charge in [-0.25, -0.2) is 9.59 Å². The number of esters is 2. The van der Waals surface area contributed by atoms with Crippen LogP contribution in [0.2, 0.25) is 0 Å². The van der Waals surface area contributed by atoms with Crippen LogP contribution in [0.5, 0.6) is 0 Å². The molecule has 0 fully saturated rings. The largest absolute Gasteiger partial charge is 0.465 e. The van der Waals surface area contributed by atoms with Crippen molar-refractivity contribution < 1.29 is 19.1 Å². The minimum absolute atomic E-state index is 0.215. The van der Waals surface area contributed by atoms with Gasteiger partial charge in [-0.15, -0.1) is 12.3 Å². The number of rotatable bonds is 6. The number of unbranched alkanes of at least 4 members (excludes halogenated alkanes) is 2. The first-order chi connectivity index (χ1) is 9.63. The zero-order valence-electron chi connectivity index (χ0n) is 11.8. The van der Waals surface area contributed by atoms with E-state index in [9.17, 15) is 9.59 Å². The Hall–Kier alpha value is -2.28. The summed E-state index contributed by atoms with van der Waals surface area (Å²) in [6.07, 6.45) is 8.60. The summed E-state index contributed by atoms with van der Waals surface area (Å²) in [5.41, 5.74) is 1.41. The van der Waals surface area contributed by atoms with E-state index in [-0.39, 0.29) is 11.1 Å². The Labute approximate surface area is 119 Å². The molecule has 0 atom stereocenters. The second-order valence-corrected chi connectivity index (χ2v) is 4.27. The van der Waals surface area contributed by atoms with Crippen LogP contribution in [-0.2, 0) is 15.9 Å². The van der Waals surface area contributed by atoms with E-state index in [2.05, 4.69) is 10.7 Å². The van der Waals surface area contributed by atoms with Crippen molar-refractivity contribution in [1.29, 1.82) is 0 Å². The fourth-order valence-corrected chi connectivity index (χ4v) is 1.87. The van der Waals surface area contributed by atoms with Crippen molar-refractivity contribution in [3.63, 3.8) is 0 Å². The minimum atomic E-state index is -0.552. The van der Waals surface area contributed by atoms with Gasteiger partial charge in [-0.2, -0.15) is 0 Å². The van der Waals surface area contributed by atoms with Crippen molar-refractivity contribution in [3.8, 4) is 12.3 Å². The molecule has 0 aliphatic rings. The number of hydrogen-bond donors (Lipinski definition) is 0. The van der Waals surface area contributed by atoms with Crippen LogP contribution in [0.1, 0.15) is 45.5 Å². The lowest BCUT2D eigenvalue weighted by Gasteiger charge is -2.09. The topological polar surface area (TPSA) is 52.6 Å². The molecule has 0 aliphatic carbocycles. The van der Waals surface area contributed by atoms with Crippen molar-refractivity contribution in [2.45, 2.75) is 25.7 Å². The highest BCUT2D eigenvalue weighted by atomic mass is 16.5. The highest BCUT2D eigenvalue weighted by Crippen LogP contribution is 2.16. The second-order valence-electron chi connectivity index (χ2n) is 4.27. The molecule has 0 amide bonds. The molecule has 0 saturated heterocycles. The summed E-state index contributed by atoms with van der Waals surface area (Å²) in [4.78, 5) is 23.3. The Morgan fingerprint density at radius 2 is 1.75 bits per heavy atom. The molecule has 0 spiro atoms. The van der Waals surface area contributed by atoms with E-state index < -0.39 is 11.9 Å². The van der Waals surface area contributed by atoms with Gasteiger partial charge in [0.05, 0.1) is 25.3 Å². The van der Waals surface area contributed by atoms with Crippen LogP contribution in [0.4, 0.5) is 0 Å². The molecule has 4 heteroatoms. The lowest BCUT2D eigenvalue weighted by molar-refractivity contribution is 0.0555. The Balaban J connectivity index is 2.93. The normalized spacial score (nSPS) is 9.65. The molecule has 1 rings (SSSR count). The third-order valence-electron chi connectivity index (χ3n) is 2.93. The first kappa shape index (κ1) is 15.8. The van der Waals surface area contributed by atoms with Crippen LogP contribution >= 0.6 is 0 Å². The van der Waals surface area contributed by atoms with Gasteiger partial charge in [0.2, 0.25) is 0 Å². The number of benzene rings is 1. The van der Waals surface area contributed by atoms with Crippen LogP contribution in [0.25, 0.3) is 0 Å². The first-order valence-electron chi connectivity index (χ1n) is 6.37. The average molecular weight is 274 g/mol. The van der Waals surface area contributed by atoms with E-state index >= 15 is 0 Å². The number of terminal acetylenes is 1. The molecule has 1 aromatic carbocycles. The van der Waals surface area contributed by atoms with Gasteiger partial charge in [-0.3, -0.25) is 0 Å². The summed E-state index contributed by atoms with van der Waals surface area (Å²) in [6.45, 7) is 0. The molecular weight excluding hydrogens is 256 g/mol. The molecule has 0 heterocycles. The predicted octanol–water partition coefficient (Wildman–Crippen LogP) is 2.61. The van der Waals surface area contributed by atoms with Crippen molar-refractivity contribution in [3.05, 3.63) is 34.9 Å². The maximum absolute atomic E-state index is 11.7. The molecule has 0 saturated carbocycles. The Morgan fingerprint density at radius 1 is 1.10 bits per heavy atom.